The third-order valence-corrected chi connectivity index (χ3v) is 4.90. The molecular weight excluding hydrogens is 346 g/mol. The lowest BCUT2D eigenvalue weighted by atomic mass is 10.0. The molecule has 0 unspecified atom stereocenters. The average Bonchev–Trinajstić information content (AvgIpc) is 3.00. The Balaban J connectivity index is 1.64. The zero-order valence-electron chi connectivity index (χ0n) is 15.9. The van der Waals surface area contributed by atoms with E-state index in [4.69, 9.17) is 10.5 Å². The summed E-state index contributed by atoms with van der Waals surface area (Å²) in [7, 11) is 1.61. The Morgan fingerprint density at radius 2 is 2.15 bits per heavy atom. The molecule has 1 aromatic carbocycles. The molecule has 2 aromatic rings. The molecule has 1 aliphatic rings. The van der Waals surface area contributed by atoms with Crippen LogP contribution in [0.25, 0.3) is 0 Å². The van der Waals surface area contributed by atoms with Crippen molar-refractivity contribution in [2.24, 2.45) is 5.73 Å². The lowest BCUT2D eigenvalue weighted by Gasteiger charge is -2.35. The van der Waals surface area contributed by atoms with Crippen molar-refractivity contribution in [1.29, 1.82) is 0 Å². The van der Waals surface area contributed by atoms with Crippen molar-refractivity contribution in [1.82, 2.24) is 20.0 Å². The van der Waals surface area contributed by atoms with Gasteiger partial charge in [-0.05, 0) is 31.5 Å². The van der Waals surface area contributed by atoms with Crippen LogP contribution in [0.3, 0.4) is 0 Å². The second-order valence-electron chi connectivity index (χ2n) is 6.75. The summed E-state index contributed by atoms with van der Waals surface area (Å²) in [5.74, 6) is 0.410. The van der Waals surface area contributed by atoms with E-state index in [0.29, 0.717) is 30.9 Å². The number of methoxy groups -OCH3 is 1. The second-order valence-corrected chi connectivity index (χ2v) is 6.75. The van der Waals surface area contributed by atoms with Gasteiger partial charge in [-0.15, -0.1) is 0 Å². The summed E-state index contributed by atoms with van der Waals surface area (Å²) in [5, 5.41) is 6.93. The predicted molar refractivity (Wildman–Crippen MR) is 100.0 cm³/mol. The molecule has 0 aliphatic carbocycles. The van der Waals surface area contributed by atoms with Crippen LogP contribution in [0.1, 0.15) is 28.6 Å². The SMILES string of the molecule is COc1cccc(CN2CCN(C(=O)[C@@H](N)c3c(C)n[nH]c3C)CC2=O)c1. The van der Waals surface area contributed by atoms with Crippen LogP contribution in [0, 0.1) is 13.8 Å². The van der Waals surface area contributed by atoms with Crippen molar-refractivity contribution in [2.75, 3.05) is 26.7 Å². The van der Waals surface area contributed by atoms with E-state index in [2.05, 4.69) is 10.2 Å². The first-order valence-corrected chi connectivity index (χ1v) is 8.87. The number of nitrogens with two attached hydrogens (primary N) is 1. The van der Waals surface area contributed by atoms with E-state index in [1.54, 1.807) is 12.0 Å². The highest BCUT2D eigenvalue weighted by atomic mass is 16.5. The van der Waals surface area contributed by atoms with Gasteiger partial charge in [-0.1, -0.05) is 12.1 Å². The summed E-state index contributed by atoms with van der Waals surface area (Å²) >= 11 is 0. The predicted octanol–water partition coefficient (Wildman–Crippen LogP) is 0.906. The van der Waals surface area contributed by atoms with Crippen molar-refractivity contribution in [3.63, 3.8) is 0 Å². The van der Waals surface area contributed by atoms with Crippen LogP contribution in [0.2, 0.25) is 0 Å². The van der Waals surface area contributed by atoms with Gasteiger partial charge in [0.25, 0.3) is 0 Å². The summed E-state index contributed by atoms with van der Waals surface area (Å²) in [4.78, 5) is 28.6. The summed E-state index contributed by atoms with van der Waals surface area (Å²) in [6.07, 6.45) is 0. The summed E-state index contributed by atoms with van der Waals surface area (Å²) in [5.41, 5.74) is 9.33. The number of ether oxygens (including phenoxy) is 1. The molecular formula is C19H25N5O3. The number of rotatable bonds is 5. The maximum Gasteiger partial charge on any atom is 0.244 e. The minimum absolute atomic E-state index is 0.0342. The van der Waals surface area contributed by atoms with Crippen molar-refractivity contribution in [3.05, 3.63) is 46.8 Å². The molecule has 144 valence electrons. The van der Waals surface area contributed by atoms with Crippen LogP contribution >= 0.6 is 0 Å². The molecule has 0 bridgehead atoms. The first-order valence-electron chi connectivity index (χ1n) is 8.87. The van der Waals surface area contributed by atoms with Gasteiger partial charge in [-0.25, -0.2) is 0 Å². The smallest absolute Gasteiger partial charge is 0.244 e. The van der Waals surface area contributed by atoms with Gasteiger partial charge < -0.3 is 20.3 Å². The van der Waals surface area contributed by atoms with E-state index < -0.39 is 6.04 Å². The number of aromatic amines is 1. The molecule has 8 heteroatoms. The minimum atomic E-state index is -0.818. The van der Waals surface area contributed by atoms with Crippen LogP contribution < -0.4 is 10.5 Å². The number of hydrogen-bond donors (Lipinski definition) is 2. The molecule has 2 heterocycles. The molecule has 1 aliphatic heterocycles. The molecule has 1 saturated heterocycles. The van der Waals surface area contributed by atoms with Crippen LogP contribution in [0.15, 0.2) is 24.3 Å². The molecule has 0 saturated carbocycles. The Kier molecular flexibility index (Phi) is 5.46. The number of benzene rings is 1. The van der Waals surface area contributed by atoms with Crippen LogP contribution in [0.4, 0.5) is 0 Å². The third-order valence-electron chi connectivity index (χ3n) is 4.90. The highest BCUT2D eigenvalue weighted by Crippen LogP contribution is 2.21. The van der Waals surface area contributed by atoms with E-state index in [1.807, 2.05) is 38.1 Å². The normalized spacial score (nSPS) is 15.8. The first kappa shape index (κ1) is 18.9. The number of hydrogen-bond acceptors (Lipinski definition) is 5. The third kappa shape index (κ3) is 3.95. The average molecular weight is 371 g/mol. The van der Waals surface area contributed by atoms with Crippen molar-refractivity contribution in [3.8, 4) is 5.75 Å². The van der Waals surface area contributed by atoms with Gasteiger partial charge in [0, 0.05) is 30.9 Å². The van der Waals surface area contributed by atoms with Crippen molar-refractivity contribution < 1.29 is 14.3 Å². The van der Waals surface area contributed by atoms with Gasteiger partial charge in [0.05, 0.1) is 19.3 Å². The van der Waals surface area contributed by atoms with Crippen LogP contribution in [-0.4, -0.2) is 58.6 Å². The molecule has 1 aromatic heterocycles. The lowest BCUT2D eigenvalue weighted by Crippen LogP contribution is -2.53. The molecule has 2 amide bonds. The monoisotopic (exact) mass is 371 g/mol. The Bertz CT molecular complexity index is 828. The summed E-state index contributed by atoms with van der Waals surface area (Å²) in [6, 6.07) is 6.80. The van der Waals surface area contributed by atoms with Gasteiger partial charge in [-0.2, -0.15) is 5.10 Å². The van der Waals surface area contributed by atoms with Gasteiger partial charge in [0.1, 0.15) is 11.8 Å². The second kappa shape index (κ2) is 7.79. The molecule has 1 fully saturated rings. The fourth-order valence-corrected chi connectivity index (χ4v) is 3.39. The zero-order chi connectivity index (χ0) is 19.6. The molecule has 3 rings (SSSR count). The Labute approximate surface area is 158 Å². The van der Waals surface area contributed by atoms with E-state index in [1.165, 1.54) is 4.90 Å². The number of aromatic nitrogens is 2. The fraction of sp³-hybridized carbons (Fsp3) is 0.421. The minimum Gasteiger partial charge on any atom is -0.497 e. The zero-order valence-corrected chi connectivity index (χ0v) is 15.9. The number of piperazine rings is 1. The Morgan fingerprint density at radius 1 is 1.37 bits per heavy atom. The van der Waals surface area contributed by atoms with E-state index >= 15 is 0 Å². The number of H-pyrrole nitrogens is 1. The van der Waals surface area contributed by atoms with Gasteiger partial charge in [0.15, 0.2) is 0 Å². The lowest BCUT2D eigenvalue weighted by molar-refractivity contribution is -0.146. The number of carbonyl (C=O) groups excluding carboxylic acids is 2. The van der Waals surface area contributed by atoms with Gasteiger partial charge in [-0.3, -0.25) is 14.7 Å². The highest BCUT2D eigenvalue weighted by molar-refractivity contribution is 5.89. The fourth-order valence-electron chi connectivity index (χ4n) is 3.39. The standard InChI is InChI=1S/C19H25N5O3/c1-12-17(13(2)22-21-12)18(20)19(26)24-8-7-23(16(25)11-24)10-14-5-4-6-15(9-14)27-3/h4-6,9,18H,7-8,10-11,20H2,1-3H3,(H,21,22)/t18-/m0/s1. The molecule has 1 atom stereocenters. The first-order chi connectivity index (χ1) is 12.9. The van der Waals surface area contributed by atoms with E-state index in [0.717, 1.165) is 17.0 Å². The summed E-state index contributed by atoms with van der Waals surface area (Å²) < 4.78 is 5.22. The van der Waals surface area contributed by atoms with Crippen LogP contribution in [0.5, 0.6) is 5.75 Å². The van der Waals surface area contributed by atoms with Gasteiger partial charge in [0.2, 0.25) is 11.8 Å². The van der Waals surface area contributed by atoms with Crippen molar-refractivity contribution >= 4 is 11.8 Å². The van der Waals surface area contributed by atoms with E-state index in [9.17, 15) is 9.59 Å². The number of amides is 2. The Morgan fingerprint density at radius 3 is 2.78 bits per heavy atom. The molecule has 0 radical (unpaired) electrons. The maximum atomic E-state index is 12.8. The largest absolute Gasteiger partial charge is 0.497 e. The van der Waals surface area contributed by atoms with E-state index in [-0.39, 0.29) is 18.4 Å². The quantitative estimate of drug-likeness (QED) is 0.813. The molecule has 3 N–H and O–H groups in total. The maximum absolute atomic E-state index is 12.8. The Hall–Kier alpha value is -2.87. The number of aryl methyl sites for hydroxylation is 2. The number of carbonyl (C=O) groups is 2. The van der Waals surface area contributed by atoms with Crippen LogP contribution in [-0.2, 0) is 16.1 Å². The van der Waals surface area contributed by atoms with Gasteiger partial charge >= 0.3 is 0 Å². The molecule has 0 spiro atoms. The number of nitrogens with zero attached hydrogens (tertiary/aromatic N) is 3. The summed E-state index contributed by atoms with van der Waals surface area (Å²) in [6.45, 7) is 5.09. The molecule has 8 nitrogen and oxygen atoms in total. The van der Waals surface area contributed by atoms with Crippen molar-refractivity contribution in [2.45, 2.75) is 26.4 Å². The highest BCUT2D eigenvalue weighted by Gasteiger charge is 2.32. The molecule has 27 heavy (non-hydrogen) atoms. The topological polar surface area (TPSA) is 105 Å². The number of nitrogens with one attached hydrogen (secondary N) is 1.